The molecule has 0 aliphatic heterocycles. The highest BCUT2D eigenvalue weighted by Gasteiger charge is 2.05. The molecule has 0 saturated heterocycles. The van der Waals surface area contributed by atoms with E-state index >= 15 is 0 Å². The summed E-state index contributed by atoms with van der Waals surface area (Å²) in [6.07, 6.45) is 4.30. The Labute approximate surface area is 103 Å². The summed E-state index contributed by atoms with van der Waals surface area (Å²) < 4.78 is 0. The number of rotatable bonds is 5. The summed E-state index contributed by atoms with van der Waals surface area (Å²) in [7, 11) is 0. The van der Waals surface area contributed by atoms with E-state index in [-0.39, 0.29) is 0 Å². The molecular formula is C15H20N2. The van der Waals surface area contributed by atoms with Crippen LogP contribution in [0.1, 0.15) is 26.7 Å². The van der Waals surface area contributed by atoms with Gasteiger partial charge in [0.15, 0.2) is 0 Å². The largest absolute Gasteiger partial charge is 0.384 e. The molecule has 0 radical (unpaired) electrons. The molecule has 90 valence electrons. The fraction of sp³-hybridized carbons (Fsp3) is 0.400. The van der Waals surface area contributed by atoms with Crippen LogP contribution < -0.4 is 5.32 Å². The number of nitrogens with one attached hydrogen (secondary N) is 1. The maximum absolute atomic E-state index is 4.37. The lowest BCUT2D eigenvalue weighted by Crippen LogP contribution is -2.12. The number of aromatic nitrogens is 1. The Morgan fingerprint density at radius 3 is 2.71 bits per heavy atom. The van der Waals surface area contributed by atoms with E-state index in [1.165, 1.54) is 23.9 Å². The second-order valence-electron chi connectivity index (χ2n) is 4.44. The molecule has 0 aliphatic rings. The van der Waals surface area contributed by atoms with Crippen molar-refractivity contribution in [2.45, 2.75) is 26.7 Å². The van der Waals surface area contributed by atoms with Crippen LogP contribution in [0.3, 0.4) is 0 Å². The predicted octanol–water partition coefficient (Wildman–Crippen LogP) is 4.08. The minimum Gasteiger partial charge on any atom is -0.384 e. The first-order chi connectivity index (χ1) is 8.35. The Kier molecular flexibility index (Phi) is 3.97. The predicted molar refractivity (Wildman–Crippen MR) is 74.3 cm³/mol. The van der Waals surface area contributed by atoms with Crippen LogP contribution in [0.4, 0.5) is 5.69 Å². The van der Waals surface area contributed by atoms with Crippen molar-refractivity contribution in [2.75, 3.05) is 11.9 Å². The molecular weight excluding hydrogens is 208 g/mol. The van der Waals surface area contributed by atoms with Crippen molar-refractivity contribution in [3.63, 3.8) is 0 Å². The highest BCUT2D eigenvalue weighted by Crippen LogP contribution is 2.22. The molecule has 0 atom stereocenters. The standard InChI is InChI=1S/C15H20N2/c1-3-12(4-2)11-17-15-9-5-8-14-13(15)7-6-10-16-14/h5-10,12,17H,3-4,11H2,1-2H3. The highest BCUT2D eigenvalue weighted by atomic mass is 14.9. The molecule has 17 heavy (non-hydrogen) atoms. The quantitative estimate of drug-likeness (QED) is 0.834. The van der Waals surface area contributed by atoms with E-state index in [1.807, 2.05) is 12.3 Å². The van der Waals surface area contributed by atoms with Gasteiger partial charge in [0.05, 0.1) is 5.52 Å². The van der Waals surface area contributed by atoms with Gasteiger partial charge in [-0.2, -0.15) is 0 Å². The summed E-state index contributed by atoms with van der Waals surface area (Å²) in [5, 5.41) is 4.76. The molecule has 0 amide bonds. The van der Waals surface area contributed by atoms with Gasteiger partial charge in [0, 0.05) is 23.8 Å². The molecule has 0 aliphatic carbocycles. The van der Waals surface area contributed by atoms with Crippen LogP contribution in [0.2, 0.25) is 0 Å². The third kappa shape index (κ3) is 2.76. The molecule has 2 rings (SSSR count). The van der Waals surface area contributed by atoms with E-state index in [0.717, 1.165) is 18.0 Å². The van der Waals surface area contributed by atoms with Crippen molar-refractivity contribution in [1.82, 2.24) is 4.98 Å². The summed E-state index contributed by atoms with van der Waals surface area (Å²) in [5.74, 6) is 0.752. The van der Waals surface area contributed by atoms with Crippen molar-refractivity contribution in [2.24, 2.45) is 5.92 Å². The van der Waals surface area contributed by atoms with Gasteiger partial charge in [-0.25, -0.2) is 0 Å². The van der Waals surface area contributed by atoms with E-state index < -0.39 is 0 Å². The number of fused-ring (bicyclic) bond motifs is 1. The smallest absolute Gasteiger partial charge is 0.0722 e. The summed E-state index contributed by atoms with van der Waals surface area (Å²) in [6, 6.07) is 10.4. The maximum atomic E-state index is 4.37. The number of pyridine rings is 1. The zero-order chi connectivity index (χ0) is 12.1. The SMILES string of the molecule is CCC(CC)CNc1cccc2ncccc12. The lowest BCUT2D eigenvalue weighted by molar-refractivity contribution is 0.519. The summed E-state index contributed by atoms with van der Waals surface area (Å²) in [6.45, 7) is 5.54. The summed E-state index contributed by atoms with van der Waals surface area (Å²) in [5.41, 5.74) is 2.25. The third-order valence-corrected chi connectivity index (χ3v) is 3.38. The molecule has 1 N–H and O–H groups in total. The zero-order valence-corrected chi connectivity index (χ0v) is 10.6. The van der Waals surface area contributed by atoms with Crippen LogP contribution >= 0.6 is 0 Å². The minimum atomic E-state index is 0.752. The van der Waals surface area contributed by atoms with Crippen molar-refractivity contribution in [3.8, 4) is 0 Å². The first kappa shape index (κ1) is 11.9. The van der Waals surface area contributed by atoms with E-state index in [2.05, 4.69) is 48.4 Å². The molecule has 0 unspecified atom stereocenters. The van der Waals surface area contributed by atoms with Crippen molar-refractivity contribution in [1.29, 1.82) is 0 Å². The van der Waals surface area contributed by atoms with Gasteiger partial charge in [0.1, 0.15) is 0 Å². The van der Waals surface area contributed by atoms with Crippen molar-refractivity contribution in [3.05, 3.63) is 36.5 Å². The Bertz CT molecular complexity index is 470. The Morgan fingerprint density at radius 2 is 1.94 bits per heavy atom. The average Bonchev–Trinajstić information content (AvgIpc) is 2.40. The summed E-state index contributed by atoms with van der Waals surface area (Å²) >= 11 is 0. The molecule has 2 nitrogen and oxygen atoms in total. The summed E-state index contributed by atoms with van der Waals surface area (Å²) in [4.78, 5) is 4.37. The maximum Gasteiger partial charge on any atom is 0.0722 e. The van der Waals surface area contributed by atoms with Crippen molar-refractivity contribution < 1.29 is 0 Å². The molecule has 2 aromatic rings. The van der Waals surface area contributed by atoms with Gasteiger partial charge in [-0.1, -0.05) is 32.8 Å². The van der Waals surface area contributed by atoms with Crippen LogP contribution in [0.15, 0.2) is 36.5 Å². The normalized spacial score (nSPS) is 11.0. The van der Waals surface area contributed by atoms with Crippen LogP contribution in [-0.2, 0) is 0 Å². The molecule has 0 bridgehead atoms. The fourth-order valence-corrected chi connectivity index (χ4v) is 2.09. The lowest BCUT2D eigenvalue weighted by Gasteiger charge is -2.15. The molecule has 1 aromatic carbocycles. The number of hydrogen-bond donors (Lipinski definition) is 1. The first-order valence-electron chi connectivity index (χ1n) is 6.42. The molecule has 0 fully saturated rings. The number of hydrogen-bond acceptors (Lipinski definition) is 2. The van der Waals surface area contributed by atoms with E-state index in [1.54, 1.807) is 0 Å². The van der Waals surface area contributed by atoms with Gasteiger partial charge < -0.3 is 5.32 Å². The third-order valence-electron chi connectivity index (χ3n) is 3.38. The molecule has 1 aromatic heterocycles. The van der Waals surface area contributed by atoms with E-state index in [4.69, 9.17) is 0 Å². The number of anilines is 1. The lowest BCUT2D eigenvalue weighted by atomic mass is 10.0. The molecule has 0 saturated carbocycles. The van der Waals surface area contributed by atoms with Gasteiger partial charge in [0.2, 0.25) is 0 Å². The second-order valence-corrected chi connectivity index (χ2v) is 4.44. The van der Waals surface area contributed by atoms with Gasteiger partial charge in [-0.3, -0.25) is 4.98 Å². The van der Waals surface area contributed by atoms with Gasteiger partial charge in [0.25, 0.3) is 0 Å². The minimum absolute atomic E-state index is 0.752. The topological polar surface area (TPSA) is 24.9 Å². The number of benzene rings is 1. The molecule has 2 heteroatoms. The fourth-order valence-electron chi connectivity index (χ4n) is 2.09. The molecule has 0 spiro atoms. The van der Waals surface area contributed by atoms with Crippen molar-refractivity contribution >= 4 is 16.6 Å². The van der Waals surface area contributed by atoms with Crippen LogP contribution in [0.5, 0.6) is 0 Å². The Morgan fingerprint density at radius 1 is 1.12 bits per heavy atom. The van der Waals surface area contributed by atoms with E-state index in [0.29, 0.717) is 0 Å². The van der Waals surface area contributed by atoms with E-state index in [9.17, 15) is 0 Å². The Balaban J connectivity index is 2.18. The average molecular weight is 228 g/mol. The number of nitrogens with zero attached hydrogens (tertiary/aromatic N) is 1. The first-order valence-corrected chi connectivity index (χ1v) is 6.42. The molecule has 1 heterocycles. The van der Waals surface area contributed by atoms with Crippen LogP contribution in [-0.4, -0.2) is 11.5 Å². The van der Waals surface area contributed by atoms with Crippen LogP contribution in [0.25, 0.3) is 10.9 Å². The van der Waals surface area contributed by atoms with Gasteiger partial charge in [-0.15, -0.1) is 0 Å². The van der Waals surface area contributed by atoms with Gasteiger partial charge in [-0.05, 0) is 30.2 Å². The Hall–Kier alpha value is -1.57. The van der Waals surface area contributed by atoms with Crippen LogP contribution in [0, 0.1) is 5.92 Å². The zero-order valence-electron chi connectivity index (χ0n) is 10.6. The monoisotopic (exact) mass is 228 g/mol. The second kappa shape index (κ2) is 5.67. The van der Waals surface area contributed by atoms with Gasteiger partial charge >= 0.3 is 0 Å². The highest BCUT2D eigenvalue weighted by molar-refractivity contribution is 5.91.